The van der Waals surface area contributed by atoms with Crippen molar-refractivity contribution in [2.45, 2.75) is 69.4 Å². The fourth-order valence-electron chi connectivity index (χ4n) is 6.83. The van der Waals surface area contributed by atoms with Crippen molar-refractivity contribution in [1.82, 2.24) is 0 Å². The van der Waals surface area contributed by atoms with Crippen molar-refractivity contribution < 1.29 is 15.3 Å². The lowest BCUT2D eigenvalue weighted by Crippen LogP contribution is -2.62. The van der Waals surface area contributed by atoms with Crippen LogP contribution >= 0.6 is 15.9 Å². The molecule has 0 aromatic heterocycles. The Morgan fingerprint density at radius 2 is 1.91 bits per heavy atom. The van der Waals surface area contributed by atoms with Crippen LogP contribution in [0, 0.1) is 34.5 Å². The van der Waals surface area contributed by atoms with Crippen LogP contribution in [0.5, 0.6) is 0 Å². The smallest absolute Gasteiger partial charge is 0.166 e. The van der Waals surface area contributed by atoms with Crippen molar-refractivity contribution >= 4 is 15.9 Å². The van der Waals surface area contributed by atoms with Crippen LogP contribution in [0.3, 0.4) is 0 Å². The van der Waals surface area contributed by atoms with Crippen molar-refractivity contribution in [2.24, 2.45) is 34.5 Å². The average molecular weight is 385 g/mol. The summed E-state index contributed by atoms with van der Waals surface area (Å²) < 4.78 is 0. The average Bonchev–Trinajstić information content (AvgIpc) is 2.74. The predicted molar refractivity (Wildman–Crippen MR) is 93.1 cm³/mol. The second kappa shape index (κ2) is 4.98. The maximum atomic E-state index is 11.0. The van der Waals surface area contributed by atoms with E-state index >= 15 is 0 Å². The predicted octanol–water partition coefficient (Wildman–Crippen LogP) is 4.14. The highest BCUT2D eigenvalue weighted by molar-refractivity contribution is 9.09. The van der Waals surface area contributed by atoms with Gasteiger partial charge in [0, 0.05) is 23.6 Å². The van der Waals surface area contributed by atoms with Gasteiger partial charge in [0.25, 0.3) is 0 Å². The van der Waals surface area contributed by atoms with E-state index < -0.39 is 5.79 Å². The third-order valence-electron chi connectivity index (χ3n) is 8.08. The van der Waals surface area contributed by atoms with Crippen LogP contribution in [0.4, 0.5) is 0 Å². The lowest BCUT2D eigenvalue weighted by atomic mass is 9.44. The molecule has 4 rings (SSSR count). The van der Waals surface area contributed by atoms with Crippen LogP contribution in [0.2, 0.25) is 0 Å². The van der Waals surface area contributed by atoms with Gasteiger partial charge in [-0.25, -0.2) is 0 Å². The van der Waals surface area contributed by atoms with Gasteiger partial charge in [-0.1, -0.05) is 29.8 Å². The molecule has 0 spiro atoms. The van der Waals surface area contributed by atoms with Crippen LogP contribution < -0.4 is 0 Å². The highest BCUT2D eigenvalue weighted by Crippen LogP contribution is 2.68. The van der Waals surface area contributed by atoms with E-state index in [4.69, 9.17) is 0 Å². The normalized spacial score (nSPS) is 54.7. The molecule has 3 nitrogen and oxygen atoms in total. The molecule has 0 saturated heterocycles. The molecule has 0 bridgehead atoms. The Labute approximate surface area is 147 Å². The van der Waals surface area contributed by atoms with Crippen LogP contribution in [0.1, 0.15) is 58.8 Å². The number of aliphatic hydroxyl groups excluding tert-OH is 1. The number of alkyl halides is 1. The van der Waals surface area contributed by atoms with Gasteiger partial charge in [0.15, 0.2) is 5.79 Å². The summed E-state index contributed by atoms with van der Waals surface area (Å²) in [5.74, 6) is -0.276. The highest BCUT2D eigenvalue weighted by atomic mass is 79.9. The summed E-state index contributed by atoms with van der Waals surface area (Å²) in [7, 11) is 0. The molecule has 7 atom stereocenters. The Bertz CT molecular complexity index is 545. The molecule has 0 unspecified atom stereocenters. The molecular weight excluding hydrogens is 356 g/mol. The van der Waals surface area contributed by atoms with E-state index in [1.54, 1.807) is 0 Å². The monoisotopic (exact) mass is 384 g/mol. The molecule has 0 amide bonds. The second-order valence-corrected chi connectivity index (χ2v) is 10.7. The van der Waals surface area contributed by atoms with Crippen LogP contribution in [0.15, 0.2) is 11.8 Å². The lowest BCUT2D eigenvalue weighted by molar-refractivity contribution is -0.297. The van der Waals surface area contributed by atoms with Crippen LogP contribution in [-0.2, 0) is 0 Å². The summed E-state index contributed by atoms with van der Waals surface area (Å²) in [6.07, 6.45) is 8.34. The minimum Gasteiger partial charge on any atom is -0.513 e. The molecule has 4 aliphatic carbocycles. The number of halogens is 1. The minimum absolute atomic E-state index is 0.0290. The van der Waals surface area contributed by atoms with Gasteiger partial charge in [-0.05, 0) is 66.8 Å². The largest absolute Gasteiger partial charge is 0.513 e. The van der Waals surface area contributed by atoms with Gasteiger partial charge in [-0.2, -0.15) is 0 Å². The molecule has 130 valence electrons. The van der Waals surface area contributed by atoms with Crippen molar-refractivity contribution in [3.05, 3.63) is 11.8 Å². The van der Waals surface area contributed by atoms with E-state index in [0.717, 1.165) is 25.7 Å². The Kier molecular flexibility index (Phi) is 3.56. The minimum atomic E-state index is -1.59. The molecule has 4 heteroatoms. The summed E-state index contributed by atoms with van der Waals surface area (Å²) in [6, 6.07) is 0. The first-order valence-corrected chi connectivity index (χ1v) is 10.0. The number of fused-ring (bicyclic) bond motifs is 5. The molecule has 3 saturated carbocycles. The number of allylic oxidation sites excluding steroid dienone is 2. The van der Waals surface area contributed by atoms with Gasteiger partial charge < -0.3 is 15.3 Å². The van der Waals surface area contributed by atoms with Crippen molar-refractivity contribution in [2.75, 3.05) is 0 Å². The summed E-state index contributed by atoms with van der Waals surface area (Å²) in [6.45, 7) is 4.68. The van der Waals surface area contributed by atoms with Crippen molar-refractivity contribution in [1.29, 1.82) is 0 Å². The van der Waals surface area contributed by atoms with E-state index in [-0.39, 0.29) is 22.7 Å². The molecule has 0 radical (unpaired) electrons. The third kappa shape index (κ3) is 2.27. The van der Waals surface area contributed by atoms with Crippen molar-refractivity contribution in [3.63, 3.8) is 0 Å². The topological polar surface area (TPSA) is 60.7 Å². The molecule has 0 aliphatic heterocycles. The summed E-state index contributed by atoms with van der Waals surface area (Å²) >= 11 is 3.80. The first-order chi connectivity index (χ1) is 10.7. The van der Waals surface area contributed by atoms with Gasteiger partial charge in [-0.15, -0.1) is 0 Å². The lowest BCUT2D eigenvalue weighted by Gasteiger charge is -2.62. The summed E-state index contributed by atoms with van der Waals surface area (Å²) in [5.41, 5.74) is 0.333. The van der Waals surface area contributed by atoms with Crippen molar-refractivity contribution in [3.8, 4) is 0 Å². The van der Waals surface area contributed by atoms with Gasteiger partial charge in [0.2, 0.25) is 0 Å². The molecule has 0 aromatic rings. The number of hydrogen-bond acceptors (Lipinski definition) is 3. The van der Waals surface area contributed by atoms with E-state index in [2.05, 4.69) is 29.8 Å². The second-order valence-electron chi connectivity index (χ2n) is 9.36. The molecular formula is C19H29BrO3. The first-order valence-electron chi connectivity index (χ1n) is 9.12. The molecule has 23 heavy (non-hydrogen) atoms. The highest BCUT2D eigenvalue weighted by Gasteiger charge is 2.65. The van der Waals surface area contributed by atoms with E-state index in [0.29, 0.717) is 35.3 Å². The van der Waals surface area contributed by atoms with Gasteiger partial charge in [-0.3, -0.25) is 0 Å². The Hall–Kier alpha value is -0.0600. The van der Waals surface area contributed by atoms with Gasteiger partial charge in [0.1, 0.15) is 0 Å². The molecule has 0 aromatic carbocycles. The first kappa shape index (κ1) is 16.4. The number of aliphatic hydroxyl groups is 3. The standard InChI is InChI=1S/C19H29BrO3/c1-17-5-4-14-16(15(17)8-12(20)10-17)19(22,23)9-11-7-13(21)3-6-18(11,14)2/h3,11-12,14-16,21-23H,4-10H2,1-2H3/t11-,12-,14+,15+,16-,17-,18+/m1/s1. The summed E-state index contributed by atoms with van der Waals surface area (Å²) in [5, 5.41) is 31.9. The quantitative estimate of drug-likeness (QED) is 0.434. The zero-order chi connectivity index (χ0) is 16.6. The number of hydrogen-bond donors (Lipinski definition) is 3. The maximum absolute atomic E-state index is 11.0. The molecule has 4 aliphatic rings. The summed E-state index contributed by atoms with van der Waals surface area (Å²) in [4.78, 5) is 0.507. The number of rotatable bonds is 0. The zero-order valence-electron chi connectivity index (χ0n) is 14.1. The van der Waals surface area contributed by atoms with Gasteiger partial charge >= 0.3 is 0 Å². The zero-order valence-corrected chi connectivity index (χ0v) is 15.7. The molecule has 3 fully saturated rings. The van der Waals surface area contributed by atoms with Crippen LogP contribution in [0.25, 0.3) is 0 Å². The SMILES string of the molecule is C[C@]12CC[C@H]3[C@H]([C@@H]1C[C@@H](Br)C2)C(O)(O)C[C@H]1CC(O)=CC[C@@]13C. The van der Waals surface area contributed by atoms with E-state index in [1.165, 1.54) is 6.42 Å². The molecule has 3 N–H and O–H groups in total. The van der Waals surface area contributed by atoms with Crippen LogP contribution in [-0.4, -0.2) is 25.9 Å². The Morgan fingerprint density at radius 1 is 1.17 bits per heavy atom. The van der Waals surface area contributed by atoms with E-state index in [9.17, 15) is 15.3 Å². The fraction of sp³-hybridized carbons (Fsp3) is 0.895. The van der Waals surface area contributed by atoms with Gasteiger partial charge in [0.05, 0.1) is 5.76 Å². The Balaban J connectivity index is 1.75. The Morgan fingerprint density at radius 3 is 2.65 bits per heavy atom. The van der Waals surface area contributed by atoms with E-state index in [1.807, 2.05) is 6.08 Å². The third-order valence-corrected chi connectivity index (χ3v) is 8.78. The maximum Gasteiger partial charge on any atom is 0.166 e. The molecule has 0 heterocycles. The fourth-order valence-corrected chi connectivity index (χ4v) is 7.97.